The van der Waals surface area contributed by atoms with Crippen LogP contribution in [0.4, 0.5) is 10.1 Å². The van der Waals surface area contributed by atoms with E-state index in [9.17, 15) is 4.39 Å². The average Bonchev–Trinajstić information content (AvgIpc) is 2.74. The van der Waals surface area contributed by atoms with E-state index in [0.29, 0.717) is 23.3 Å². The molecule has 0 unspecified atom stereocenters. The van der Waals surface area contributed by atoms with Crippen molar-refractivity contribution >= 4 is 11.3 Å². The van der Waals surface area contributed by atoms with Crippen molar-refractivity contribution in [2.75, 3.05) is 5.73 Å². The zero-order valence-corrected chi connectivity index (χ0v) is 9.55. The molecule has 2 heterocycles. The molecule has 0 aliphatic heterocycles. The zero-order valence-electron chi connectivity index (χ0n) is 9.55. The quantitative estimate of drug-likeness (QED) is 0.748. The third-order valence-electron chi connectivity index (χ3n) is 2.79. The van der Waals surface area contributed by atoms with Gasteiger partial charge in [-0.25, -0.2) is 13.9 Å². The first-order valence-corrected chi connectivity index (χ1v) is 5.55. The highest BCUT2D eigenvalue weighted by atomic mass is 19.1. The molecule has 0 bridgehead atoms. The molecular formula is C13H11FN4. The molecule has 0 saturated carbocycles. The van der Waals surface area contributed by atoms with Gasteiger partial charge in [0.2, 0.25) is 0 Å². The lowest BCUT2D eigenvalue weighted by atomic mass is 10.1. The summed E-state index contributed by atoms with van der Waals surface area (Å²) in [6.45, 7) is 0. The summed E-state index contributed by atoms with van der Waals surface area (Å²) < 4.78 is 15.2. The molecule has 0 atom stereocenters. The minimum Gasteiger partial charge on any atom is -0.396 e. The maximum absolute atomic E-state index is 13.6. The van der Waals surface area contributed by atoms with Crippen molar-refractivity contribution in [3.8, 4) is 0 Å². The fourth-order valence-electron chi connectivity index (χ4n) is 1.91. The van der Waals surface area contributed by atoms with Crippen LogP contribution in [0.3, 0.4) is 0 Å². The van der Waals surface area contributed by atoms with Crippen LogP contribution in [-0.2, 0) is 6.42 Å². The van der Waals surface area contributed by atoms with Crippen molar-refractivity contribution in [2.45, 2.75) is 6.42 Å². The van der Waals surface area contributed by atoms with Crippen molar-refractivity contribution in [1.82, 2.24) is 14.6 Å². The fraction of sp³-hybridized carbons (Fsp3) is 0.0769. The number of fused-ring (bicyclic) bond motifs is 1. The summed E-state index contributed by atoms with van der Waals surface area (Å²) in [5.41, 5.74) is 8.38. The molecule has 0 amide bonds. The van der Waals surface area contributed by atoms with E-state index in [0.717, 1.165) is 5.56 Å². The van der Waals surface area contributed by atoms with Gasteiger partial charge in [-0.3, -0.25) is 0 Å². The maximum Gasteiger partial charge on any atom is 0.158 e. The minimum atomic E-state index is -0.215. The molecule has 3 aromatic rings. The van der Waals surface area contributed by atoms with Crippen LogP contribution in [-0.4, -0.2) is 14.6 Å². The molecule has 1 aromatic carbocycles. The number of hydrogen-bond acceptors (Lipinski definition) is 3. The summed E-state index contributed by atoms with van der Waals surface area (Å²) in [5, 5.41) is 4.16. The molecule has 3 rings (SSSR count). The SMILES string of the molecule is Nc1cnc2c(Cc3ccccc3F)cnn2c1. The van der Waals surface area contributed by atoms with Gasteiger partial charge in [0.1, 0.15) is 5.82 Å². The van der Waals surface area contributed by atoms with Gasteiger partial charge in [-0.15, -0.1) is 0 Å². The van der Waals surface area contributed by atoms with E-state index < -0.39 is 0 Å². The second kappa shape index (κ2) is 4.10. The van der Waals surface area contributed by atoms with Crippen LogP contribution in [0.25, 0.3) is 5.65 Å². The Bertz CT molecular complexity index is 705. The fourth-order valence-corrected chi connectivity index (χ4v) is 1.91. The molecule has 2 N–H and O–H groups in total. The van der Waals surface area contributed by atoms with Crippen LogP contribution in [0.1, 0.15) is 11.1 Å². The molecule has 2 aromatic heterocycles. The highest BCUT2D eigenvalue weighted by Crippen LogP contribution is 2.16. The van der Waals surface area contributed by atoms with E-state index in [4.69, 9.17) is 5.73 Å². The van der Waals surface area contributed by atoms with E-state index in [1.165, 1.54) is 6.07 Å². The predicted octanol–water partition coefficient (Wildman–Crippen LogP) is 2.04. The number of anilines is 1. The van der Waals surface area contributed by atoms with E-state index in [1.807, 2.05) is 6.07 Å². The molecule has 0 aliphatic rings. The first-order valence-electron chi connectivity index (χ1n) is 5.55. The number of nitrogens with zero attached hydrogens (tertiary/aromatic N) is 3. The molecule has 0 fully saturated rings. The Morgan fingerprint density at radius 3 is 2.83 bits per heavy atom. The lowest BCUT2D eigenvalue weighted by Crippen LogP contribution is -1.96. The third kappa shape index (κ3) is 1.79. The first-order chi connectivity index (χ1) is 8.74. The normalized spacial score (nSPS) is 10.9. The van der Waals surface area contributed by atoms with Gasteiger partial charge in [-0.2, -0.15) is 5.10 Å². The maximum atomic E-state index is 13.6. The van der Waals surface area contributed by atoms with E-state index in [2.05, 4.69) is 10.1 Å². The van der Waals surface area contributed by atoms with Crippen molar-refractivity contribution in [3.63, 3.8) is 0 Å². The number of nitrogen functional groups attached to an aromatic ring is 1. The van der Waals surface area contributed by atoms with Crippen LogP contribution >= 0.6 is 0 Å². The van der Waals surface area contributed by atoms with Gasteiger partial charge in [0.05, 0.1) is 24.3 Å². The van der Waals surface area contributed by atoms with Crippen LogP contribution in [0.5, 0.6) is 0 Å². The Labute approximate surface area is 103 Å². The molecule has 0 saturated heterocycles. The summed E-state index contributed by atoms with van der Waals surface area (Å²) in [4.78, 5) is 4.22. The smallest absolute Gasteiger partial charge is 0.158 e. The zero-order chi connectivity index (χ0) is 12.5. The van der Waals surface area contributed by atoms with Crippen LogP contribution in [0, 0.1) is 5.82 Å². The summed E-state index contributed by atoms with van der Waals surface area (Å²) >= 11 is 0. The number of nitrogens with two attached hydrogens (primary N) is 1. The van der Waals surface area contributed by atoms with Gasteiger partial charge in [0, 0.05) is 12.0 Å². The van der Waals surface area contributed by atoms with E-state index in [-0.39, 0.29) is 5.82 Å². The van der Waals surface area contributed by atoms with Crippen molar-refractivity contribution in [2.24, 2.45) is 0 Å². The van der Waals surface area contributed by atoms with Gasteiger partial charge in [-0.1, -0.05) is 18.2 Å². The predicted molar refractivity (Wildman–Crippen MR) is 66.6 cm³/mol. The van der Waals surface area contributed by atoms with Gasteiger partial charge < -0.3 is 5.73 Å². The molecule has 5 heteroatoms. The molecule has 4 nitrogen and oxygen atoms in total. The van der Waals surface area contributed by atoms with Crippen LogP contribution < -0.4 is 5.73 Å². The minimum absolute atomic E-state index is 0.215. The summed E-state index contributed by atoms with van der Waals surface area (Å²) in [5.74, 6) is -0.215. The Kier molecular flexibility index (Phi) is 2.44. The molecule has 90 valence electrons. The summed E-state index contributed by atoms with van der Waals surface area (Å²) in [6.07, 6.45) is 5.41. The first kappa shape index (κ1) is 10.7. The lowest BCUT2D eigenvalue weighted by Gasteiger charge is -2.01. The molecular weight excluding hydrogens is 231 g/mol. The number of halogens is 1. The number of rotatable bonds is 2. The molecule has 18 heavy (non-hydrogen) atoms. The molecule has 0 radical (unpaired) electrons. The Morgan fingerprint density at radius 2 is 2.00 bits per heavy atom. The largest absolute Gasteiger partial charge is 0.396 e. The standard InChI is InChI=1S/C13H11FN4/c14-12-4-2-1-3-9(12)5-10-6-17-18-8-11(15)7-16-13(10)18/h1-4,6-8H,5,15H2. The van der Waals surface area contributed by atoms with Gasteiger partial charge >= 0.3 is 0 Å². The Morgan fingerprint density at radius 1 is 1.17 bits per heavy atom. The second-order valence-corrected chi connectivity index (χ2v) is 4.09. The van der Waals surface area contributed by atoms with Crippen LogP contribution in [0.15, 0.2) is 42.9 Å². The second-order valence-electron chi connectivity index (χ2n) is 4.09. The van der Waals surface area contributed by atoms with Crippen molar-refractivity contribution < 1.29 is 4.39 Å². The van der Waals surface area contributed by atoms with Crippen molar-refractivity contribution in [1.29, 1.82) is 0 Å². The number of benzene rings is 1. The van der Waals surface area contributed by atoms with Crippen molar-refractivity contribution in [3.05, 3.63) is 59.8 Å². The Hall–Kier alpha value is -2.43. The Balaban J connectivity index is 2.03. The topological polar surface area (TPSA) is 56.2 Å². The number of hydrogen-bond donors (Lipinski definition) is 1. The van der Waals surface area contributed by atoms with Crippen LogP contribution in [0.2, 0.25) is 0 Å². The monoisotopic (exact) mass is 242 g/mol. The summed E-state index contributed by atoms with van der Waals surface area (Å²) in [7, 11) is 0. The average molecular weight is 242 g/mol. The third-order valence-corrected chi connectivity index (χ3v) is 2.79. The van der Waals surface area contributed by atoms with E-state index >= 15 is 0 Å². The van der Waals surface area contributed by atoms with E-state index in [1.54, 1.807) is 35.2 Å². The van der Waals surface area contributed by atoms with Gasteiger partial charge in [0.15, 0.2) is 5.65 Å². The van der Waals surface area contributed by atoms with Gasteiger partial charge in [-0.05, 0) is 11.6 Å². The molecule has 0 aliphatic carbocycles. The van der Waals surface area contributed by atoms with Gasteiger partial charge in [0.25, 0.3) is 0 Å². The lowest BCUT2D eigenvalue weighted by molar-refractivity contribution is 0.614. The molecule has 0 spiro atoms. The number of aromatic nitrogens is 3. The highest BCUT2D eigenvalue weighted by molar-refractivity contribution is 5.51. The summed E-state index contributed by atoms with van der Waals surface area (Å²) in [6, 6.07) is 6.70. The highest BCUT2D eigenvalue weighted by Gasteiger charge is 2.09.